The number of benzene rings is 3. The fourth-order valence-corrected chi connectivity index (χ4v) is 2.56. The lowest BCUT2D eigenvalue weighted by molar-refractivity contribution is 0.102. The summed E-state index contributed by atoms with van der Waals surface area (Å²) < 4.78 is 0. The minimum absolute atomic E-state index is 0.192. The van der Waals surface area contributed by atoms with Crippen LogP contribution in [-0.4, -0.2) is 11.0 Å². The molecule has 0 aliphatic carbocycles. The van der Waals surface area contributed by atoms with Gasteiger partial charge in [0.2, 0.25) is 0 Å². The molecule has 0 bridgehead atoms. The molecule has 24 heavy (non-hydrogen) atoms. The van der Waals surface area contributed by atoms with Crippen LogP contribution in [0.1, 0.15) is 33.2 Å². The molecule has 0 fully saturated rings. The van der Waals surface area contributed by atoms with E-state index in [-0.39, 0.29) is 5.91 Å². The van der Waals surface area contributed by atoms with Crippen LogP contribution in [0.5, 0.6) is 0 Å². The minimum atomic E-state index is -0.791. The molecule has 0 saturated heterocycles. The van der Waals surface area contributed by atoms with E-state index in [0.717, 1.165) is 11.1 Å². The third-order valence-electron chi connectivity index (χ3n) is 3.93. The van der Waals surface area contributed by atoms with Crippen molar-refractivity contribution in [2.45, 2.75) is 13.0 Å². The number of hydrogen-bond acceptors (Lipinski definition) is 2. The monoisotopic (exact) mass is 317 g/mol. The highest BCUT2D eigenvalue weighted by Crippen LogP contribution is 2.28. The van der Waals surface area contributed by atoms with Crippen LogP contribution in [0.3, 0.4) is 0 Å². The second-order valence-corrected chi connectivity index (χ2v) is 5.72. The number of hydrogen-bond donors (Lipinski definition) is 2. The van der Waals surface area contributed by atoms with Gasteiger partial charge in [-0.25, -0.2) is 0 Å². The van der Waals surface area contributed by atoms with Gasteiger partial charge in [0.15, 0.2) is 0 Å². The quantitative estimate of drug-likeness (QED) is 0.752. The number of carbonyl (C=O) groups excluding carboxylic acids is 1. The number of nitrogens with one attached hydrogen (secondary N) is 1. The van der Waals surface area contributed by atoms with Gasteiger partial charge in [-0.1, -0.05) is 66.2 Å². The second-order valence-electron chi connectivity index (χ2n) is 5.72. The Morgan fingerprint density at radius 3 is 2.21 bits per heavy atom. The summed E-state index contributed by atoms with van der Waals surface area (Å²) in [7, 11) is 0. The molecule has 3 aromatic carbocycles. The number of aliphatic hydroxyl groups is 1. The molecular weight excluding hydrogens is 298 g/mol. The van der Waals surface area contributed by atoms with Gasteiger partial charge in [0, 0.05) is 16.8 Å². The summed E-state index contributed by atoms with van der Waals surface area (Å²) in [6.45, 7) is 1.98. The van der Waals surface area contributed by atoms with Crippen LogP contribution in [0.2, 0.25) is 0 Å². The maximum absolute atomic E-state index is 12.4. The number of rotatable bonds is 4. The Morgan fingerprint density at radius 2 is 1.50 bits per heavy atom. The number of amides is 1. The van der Waals surface area contributed by atoms with Gasteiger partial charge in [0.1, 0.15) is 6.10 Å². The van der Waals surface area contributed by atoms with Crippen LogP contribution in [0.25, 0.3) is 0 Å². The van der Waals surface area contributed by atoms with Crippen molar-refractivity contribution in [1.29, 1.82) is 0 Å². The Morgan fingerprint density at radius 1 is 0.875 bits per heavy atom. The van der Waals surface area contributed by atoms with Crippen LogP contribution < -0.4 is 5.32 Å². The van der Waals surface area contributed by atoms with Crippen molar-refractivity contribution in [3.8, 4) is 0 Å². The number of carbonyl (C=O) groups is 1. The second kappa shape index (κ2) is 7.11. The molecule has 0 spiro atoms. The molecule has 0 saturated carbocycles. The van der Waals surface area contributed by atoms with Gasteiger partial charge in [-0.05, 0) is 30.7 Å². The summed E-state index contributed by atoms with van der Waals surface area (Å²) in [4.78, 5) is 12.4. The van der Waals surface area contributed by atoms with E-state index in [2.05, 4.69) is 5.32 Å². The highest BCUT2D eigenvalue weighted by atomic mass is 16.3. The van der Waals surface area contributed by atoms with Crippen LogP contribution in [0, 0.1) is 6.92 Å². The van der Waals surface area contributed by atoms with E-state index in [1.165, 1.54) is 0 Å². The van der Waals surface area contributed by atoms with Gasteiger partial charge < -0.3 is 10.4 Å². The Bertz CT molecular complexity index is 826. The fourth-order valence-electron chi connectivity index (χ4n) is 2.56. The summed E-state index contributed by atoms with van der Waals surface area (Å²) in [6.07, 6.45) is -0.791. The molecule has 1 atom stereocenters. The Kier molecular flexibility index (Phi) is 4.73. The van der Waals surface area contributed by atoms with E-state index >= 15 is 0 Å². The highest BCUT2D eigenvalue weighted by molar-refractivity contribution is 6.04. The molecule has 1 amide bonds. The van der Waals surface area contributed by atoms with Crippen LogP contribution in [0.4, 0.5) is 5.69 Å². The number of aliphatic hydroxyl groups excluding tert-OH is 1. The Hall–Kier alpha value is -2.91. The summed E-state index contributed by atoms with van der Waals surface area (Å²) in [6, 6.07) is 24.1. The smallest absolute Gasteiger partial charge is 0.255 e. The van der Waals surface area contributed by atoms with Crippen molar-refractivity contribution < 1.29 is 9.90 Å². The molecule has 0 aromatic heterocycles. The van der Waals surface area contributed by atoms with E-state index in [0.29, 0.717) is 16.8 Å². The molecule has 2 N–H and O–H groups in total. The van der Waals surface area contributed by atoms with E-state index in [4.69, 9.17) is 0 Å². The normalized spacial score (nSPS) is 11.8. The topological polar surface area (TPSA) is 49.3 Å². The first-order valence-electron chi connectivity index (χ1n) is 7.85. The van der Waals surface area contributed by atoms with Gasteiger partial charge in [-0.3, -0.25) is 4.79 Å². The third-order valence-corrected chi connectivity index (χ3v) is 3.93. The zero-order chi connectivity index (χ0) is 16.9. The summed E-state index contributed by atoms with van der Waals surface area (Å²) in [5.74, 6) is -0.192. The van der Waals surface area contributed by atoms with Crippen LogP contribution in [-0.2, 0) is 0 Å². The van der Waals surface area contributed by atoms with Crippen molar-refractivity contribution in [2.75, 3.05) is 5.32 Å². The highest BCUT2D eigenvalue weighted by Gasteiger charge is 2.16. The number of para-hydroxylation sites is 1. The summed E-state index contributed by atoms with van der Waals surface area (Å²) in [5.41, 5.74) is 3.76. The largest absolute Gasteiger partial charge is 0.384 e. The van der Waals surface area contributed by atoms with Crippen molar-refractivity contribution in [3.63, 3.8) is 0 Å². The average molecular weight is 317 g/mol. The molecule has 3 aromatic rings. The summed E-state index contributed by atoms with van der Waals surface area (Å²) >= 11 is 0. The average Bonchev–Trinajstić information content (AvgIpc) is 2.63. The molecule has 1 unspecified atom stereocenters. The lowest BCUT2D eigenvalue weighted by atomic mass is 9.99. The zero-order valence-electron chi connectivity index (χ0n) is 13.4. The molecule has 3 rings (SSSR count). The van der Waals surface area contributed by atoms with E-state index in [9.17, 15) is 9.90 Å². The molecule has 120 valence electrons. The SMILES string of the molecule is Cc1ccc(C(=O)Nc2ccccc2C(O)c2ccccc2)cc1. The molecule has 0 aliphatic rings. The first-order valence-corrected chi connectivity index (χ1v) is 7.85. The molecule has 0 heterocycles. The van der Waals surface area contributed by atoms with Crippen molar-refractivity contribution in [1.82, 2.24) is 0 Å². The van der Waals surface area contributed by atoms with Crippen LogP contribution in [0.15, 0.2) is 78.9 Å². The fraction of sp³-hybridized carbons (Fsp3) is 0.0952. The maximum atomic E-state index is 12.4. The molecule has 3 heteroatoms. The predicted molar refractivity (Wildman–Crippen MR) is 96.1 cm³/mol. The van der Waals surface area contributed by atoms with Crippen molar-refractivity contribution in [3.05, 3.63) is 101 Å². The zero-order valence-corrected chi connectivity index (χ0v) is 13.4. The van der Waals surface area contributed by atoms with Gasteiger partial charge in [-0.2, -0.15) is 0 Å². The first-order chi connectivity index (χ1) is 11.6. The number of anilines is 1. The summed E-state index contributed by atoms with van der Waals surface area (Å²) in [5, 5.41) is 13.5. The Balaban J connectivity index is 1.87. The van der Waals surface area contributed by atoms with Gasteiger partial charge in [0.05, 0.1) is 0 Å². The molecule has 0 aliphatic heterocycles. The minimum Gasteiger partial charge on any atom is -0.384 e. The number of aryl methyl sites for hydroxylation is 1. The van der Waals surface area contributed by atoms with Crippen molar-refractivity contribution in [2.24, 2.45) is 0 Å². The predicted octanol–water partition coefficient (Wildman–Crippen LogP) is 4.33. The van der Waals surface area contributed by atoms with Gasteiger partial charge in [-0.15, -0.1) is 0 Å². The standard InChI is InChI=1S/C21H19NO2/c1-15-11-13-17(14-12-15)21(24)22-19-10-6-5-9-18(19)20(23)16-7-3-2-4-8-16/h2-14,20,23H,1H3,(H,22,24). The Labute approximate surface area is 141 Å². The van der Waals surface area contributed by atoms with E-state index < -0.39 is 6.10 Å². The lowest BCUT2D eigenvalue weighted by Crippen LogP contribution is -2.14. The molecule has 0 radical (unpaired) electrons. The lowest BCUT2D eigenvalue weighted by Gasteiger charge is -2.16. The molecule has 3 nitrogen and oxygen atoms in total. The van der Waals surface area contributed by atoms with Gasteiger partial charge >= 0.3 is 0 Å². The van der Waals surface area contributed by atoms with Crippen molar-refractivity contribution >= 4 is 11.6 Å². The maximum Gasteiger partial charge on any atom is 0.255 e. The first kappa shape index (κ1) is 16.0. The van der Waals surface area contributed by atoms with Crippen LogP contribution >= 0.6 is 0 Å². The molecular formula is C21H19NO2. The van der Waals surface area contributed by atoms with E-state index in [1.807, 2.05) is 67.6 Å². The third kappa shape index (κ3) is 3.53. The van der Waals surface area contributed by atoms with Gasteiger partial charge in [0.25, 0.3) is 5.91 Å². The van der Waals surface area contributed by atoms with E-state index in [1.54, 1.807) is 18.2 Å².